The molecule has 0 unspecified atom stereocenters. The second kappa shape index (κ2) is 9.55. The zero-order valence-corrected chi connectivity index (χ0v) is 17.4. The van der Waals surface area contributed by atoms with Crippen LogP contribution in [0.5, 0.6) is 5.75 Å². The molecular formula is C20H26ClNO4S. The lowest BCUT2D eigenvalue weighted by Gasteiger charge is -2.31. The third-order valence-electron chi connectivity index (χ3n) is 4.28. The predicted molar refractivity (Wildman–Crippen MR) is 108 cm³/mol. The van der Waals surface area contributed by atoms with Gasteiger partial charge in [0.05, 0.1) is 18.6 Å². The fraction of sp³-hybridized carbons (Fsp3) is 0.400. The van der Waals surface area contributed by atoms with Gasteiger partial charge in [0.15, 0.2) is 0 Å². The van der Waals surface area contributed by atoms with Crippen LogP contribution in [0.1, 0.15) is 25.8 Å². The molecule has 0 amide bonds. The number of nitrogens with zero attached hydrogens (tertiary/aromatic N) is 1. The molecule has 0 heterocycles. The number of rotatable bonds is 9. The van der Waals surface area contributed by atoms with E-state index >= 15 is 0 Å². The molecular weight excluding hydrogens is 386 g/mol. The summed E-state index contributed by atoms with van der Waals surface area (Å²) in [4.78, 5) is 0.155. The molecule has 148 valence electrons. The minimum absolute atomic E-state index is 0.155. The van der Waals surface area contributed by atoms with E-state index in [4.69, 9.17) is 16.3 Å². The van der Waals surface area contributed by atoms with Gasteiger partial charge in [0.25, 0.3) is 0 Å². The number of hydrogen-bond acceptors (Lipinski definition) is 4. The highest BCUT2D eigenvalue weighted by molar-refractivity contribution is 7.89. The summed E-state index contributed by atoms with van der Waals surface area (Å²) in [7, 11) is -2.23. The molecule has 27 heavy (non-hydrogen) atoms. The van der Waals surface area contributed by atoms with Crippen molar-refractivity contribution in [3.63, 3.8) is 0 Å². The second-order valence-electron chi connectivity index (χ2n) is 6.82. The summed E-state index contributed by atoms with van der Waals surface area (Å²) < 4.78 is 33.1. The Morgan fingerprint density at radius 1 is 1.07 bits per heavy atom. The highest BCUT2D eigenvalue weighted by Crippen LogP contribution is 2.26. The van der Waals surface area contributed by atoms with Crippen LogP contribution >= 0.6 is 11.6 Å². The SMILES string of the molecule is COc1ccc(CN([C@@H](CO)CC(C)C)S(=O)(=O)c2ccc(Cl)cc2)cc1. The number of methoxy groups -OCH3 is 1. The average molecular weight is 412 g/mol. The molecule has 0 radical (unpaired) electrons. The Morgan fingerprint density at radius 2 is 1.67 bits per heavy atom. The molecule has 0 saturated heterocycles. The molecule has 2 aromatic rings. The smallest absolute Gasteiger partial charge is 0.243 e. The van der Waals surface area contributed by atoms with E-state index in [1.165, 1.54) is 16.4 Å². The van der Waals surface area contributed by atoms with E-state index < -0.39 is 16.1 Å². The van der Waals surface area contributed by atoms with Crippen molar-refractivity contribution in [3.8, 4) is 5.75 Å². The van der Waals surface area contributed by atoms with Gasteiger partial charge < -0.3 is 9.84 Å². The molecule has 0 saturated carbocycles. The van der Waals surface area contributed by atoms with Gasteiger partial charge in [-0.2, -0.15) is 4.31 Å². The summed E-state index contributed by atoms with van der Waals surface area (Å²) in [6, 6.07) is 12.8. The van der Waals surface area contributed by atoms with Crippen LogP contribution < -0.4 is 4.74 Å². The predicted octanol–water partition coefficient (Wildman–Crippen LogP) is 3.95. The Kier molecular flexibility index (Phi) is 7.68. The number of aliphatic hydroxyl groups excluding tert-OH is 1. The number of sulfonamides is 1. The van der Waals surface area contributed by atoms with Crippen LogP contribution in [-0.4, -0.2) is 37.6 Å². The Balaban J connectivity index is 2.42. The van der Waals surface area contributed by atoms with E-state index in [-0.39, 0.29) is 24.0 Å². The average Bonchev–Trinajstić information content (AvgIpc) is 2.65. The molecule has 0 bridgehead atoms. The molecule has 0 fully saturated rings. The van der Waals surface area contributed by atoms with Crippen molar-refractivity contribution >= 4 is 21.6 Å². The van der Waals surface area contributed by atoms with Crippen molar-refractivity contribution < 1.29 is 18.3 Å². The maximum Gasteiger partial charge on any atom is 0.243 e. The highest BCUT2D eigenvalue weighted by atomic mass is 35.5. The van der Waals surface area contributed by atoms with Gasteiger partial charge in [0.2, 0.25) is 10.0 Å². The number of hydrogen-bond donors (Lipinski definition) is 1. The van der Waals surface area contributed by atoms with Gasteiger partial charge in [-0.1, -0.05) is 37.6 Å². The van der Waals surface area contributed by atoms with Gasteiger partial charge in [-0.3, -0.25) is 0 Å². The molecule has 1 atom stereocenters. The molecule has 0 aliphatic rings. The van der Waals surface area contributed by atoms with Crippen molar-refractivity contribution in [1.29, 1.82) is 0 Å². The first kappa shape index (κ1) is 21.7. The molecule has 0 aromatic heterocycles. The summed E-state index contributed by atoms with van der Waals surface area (Å²) >= 11 is 5.90. The van der Waals surface area contributed by atoms with Crippen molar-refractivity contribution in [3.05, 3.63) is 59.1 Å². The van der Waals surface area contributed by atoms with E-state index in [1.54, 1.807) is 31.4 Å². The van der Waals surface area contributed by atoms with Crippen LogP contribution in [0.2, 0.25) is 5.02 Å². The number of benzene rings is 2. The molecule has 0 spiro atoms. The van der Waals surface area contributed by atoms with Gasteiger partial charge >= 0.3 is 0 Å². The van der Waals surface area contributed by atoms with E-state index in [0.29, 0.717) is 17.2 Å². The Bertz CT molecular complexity index is 820. The lowest BCUT2D eigenvalue weighted by Crippen LogP contribution is -2.42. The van der Waals surface area contributed by atoms with E-state index in [9.17, 15) is 13.5 Å². The Labute approximate surface area is 166 Å². The van der Waals surface area contributed by atoms with E-state index in [1.807, 2.05) is 26.0 Å². The van der Waals surface area contributed by atoms with Crippen molar-refractivity contribution in [2.75, 3.05) is 13.7 Å². The van der Waals surface area contributed by atoms with Crippen LogP contribution in [0.25, 0.3) is 0 Å². The molecule has 2 rings (SSSR count). The largest absolute Gasteiger partial charge is 0.497 e. The fourth-order valence-electron chi connectivity index (χ4n) is 2.89. The van der Waals surface area contributed by atoms with Crippen molar-refractivity contribution in [1.82, 2.24) is 4.31 Å². The first-order valence-corrected chi connectivity index (χ1v) is 10.6. The minimum atomic E-state index is -3.81. The van der Waals surface area contributed by atoms with Crippen LogP contribution in [0.15, 0.2) is 53.4 Å². The zero-order valence-electron chi connectivity index (χ0n) is 15.8. The van der Waals surface area contributed by atoms with E-state index in [2.05, 4.69) is 0 Å². The lowest BCUT2D eigenvalue weighted by atomic mass is 10.0. The summed E-state index contributed by atoms with van der Waals surface area (Å²) in [5.74, 6) is 0.938. The third-order valence-corrected chi connectivity index (χ3v) is 6.44. The van der Waals surface area contributed by atoms with Gasteiger partial charge in [0, 0.05) is 17.6 Å². The highest BCUT2D eigenvalue weighted by Gasteiger charge is 2.31. The number of ether oxygens (including phenoxy) is 1. The summed E-state index contributed by atoms with van der Waals surface area (Å²) in [6.45, 7) is 3.92. The second-order valence-corrected chi connectivity index (χ2v) is 9.15. The minimum Gasteiger partial charge on any atom is -0.497 e. The first-order chi connectivity index (χ1) is 12.8. The molecule has 5 nitrogen and oxygen atoms in total. The quantitative estimate of drug-likeness (QED) is 0.678. The molecule has 0 aliphatic carbocycles. The van der Waals surface area contributed by atoms with Crippen molar-refractivity contribution in [2.24, 2.45) is 5.92 Å². The monoisotopic (exact) mass is 411 g/mol. The van der Waals surface area contributed by atoms with Crippen LogP contribution in [0, 0.1) is 5.92 Å². The van der Waals surface area contributed by atoms with Crippen LogP contribution in [0.4, 0.5) is 0 Å². The summed E-state index contributed by atoms with van der Waals surface area (Å²) in [6.07, 6.45) is 0.555. The topological polar surface area (TPSA) is 66.8 Å². The van der Waals surface area contributed by atoms with Gasteiger partial charge in [-0.15, -0.1) is 0 Å². The summed E-state index contributed by atoms with van der Waals surface area (Å²) in [5.41, 5.74) is 0.815. The molecule has 7 heteroatoms. The standard InChI is InChI=1S/C20H26ClNO4S/c1-15(2)12-18(14-23)22(13-16-4-8-19(26-3)9-5-16)27(24,25)20-10-6-17(21)7-11-20/h4-11,15,18,23H,12-14H2,1-3H3/t18-/m1/s1. The van der Waals surface area contributed by atoms with Gasteiger partial charge in [-0.25, -0.2) is 8.42 Å². The first-order valence-electron chi connectivity index (χ1n) is 8.79. The van der Waals surface area contributed by atoms with Gasteiger partial charge in [-0.05, 0) is 54.3 Å². The maximum atomic E-state index is 13.3. The normalized spacial score (nSPS) is 13.1. The lowest BCUT2D eigenvalue weighted by molar-refractivity contribution is 0.164. The number of aliphatic hydroxyl groups is 1. The van der Waals surface area contributed by atoms with Crippen molar-refractivity contribution in [2.45, 2.75) is 37.8 Å². The van der Waals surface area contributed by atoms with Gasteiger partial charge in [0.1, 0.15) is 5.75 Å². The molecule has 2 aromatic carbocycles. The number of halogens is 1. The van der Waals surface area contributed by atoms with Crippen LogP contribution in [0.3, 0.4) is 0 Å². The third kappa shape index (κ3) is 5.69. The Morgan fingerprint density at radius 3 is 2.15 bits per heavy atom. The summed E-state index contributed by atoms with van der Waals surface area (Å²) in [5, 5.41) is 10.4. The Hall–Kier alpha value is -1.60. The van der Waals surface area contributed by atoms with E-state index in [0.717, 1.165) is 5.56 Å². The molecule has 1 N–H and O–H groups in total. The molecule has 0 aliphatic heterocycles. The zero-order chi connectivity index (χ0) is 20.0. The maximum absolute atomic E-state index is 13.3. The fourth-order valence-corrected chi connectivity index (χ4v) is 4.63. The van der Waals surface area contributed by atoms with Crippen LogP contribution in [-0.2, 0) is 16.6 Å².